The molecule has 25 heavy (non-hydrogen) atoms. The number of benzene rings is 1. The second-order valence-corrected chi connectivity index (χ2v) is 6.69. The fraction of sp³-hybridized carbons (Fsp3) is 0.500. The average Bonchev–Trinajstić information content (AvgIpc) is 2.61. The number of nitrogens with two attached hydrogens (primary N) is 1. The average molecular weight is 383 g/mol. The van der Waals surface area contributed by atoms with Gasteiger partial charge < -0.3 is 20.9 Å². The van der Waals surface area contributed by atoms with Crippen molar-refractivity contribution in [3.63, 3.8) is 0 Å². The molecule has 5 nitrogen and oxygen atoms in total. The zero-order valence-corrected chi connectivity index (χ0v) is 15.9. The topological polar surface area (TPSA) is 84.6 Å². The van der Waals surface area contributed by atoms with Crippen LogP contribution in [0.25, 0.3) is 0 Å². The predicted molar refractivity (Wildman–Crippen MR) is 108 cm³/mol. The second-order valence-electron chi connectivity index (χ2n) is 5.90. The highest BCUT2D eigenvalue weighted by Crippen LogP contribution is 2.22. The number of aliphatic hydroxyl groups excluding tert-OH is 1. The van der Waals surface area contributed by atoms with Gasteiger partial charge in [0.25, 0.3) is 10.3 Å². The summed E-state index contributed by atoms with van der Waals surface area (Å²) in [6.07, 6.45) is 6.93. The number of nitrogens with one attached hydrogen (secondary N) is 1. The minimum absolute atomic E-state index is 0.0886. The molecule has 0 saturated heterocycles. The van der Waals surface area contributed by atoms with Crippen LogP contribution >= 0.6 is 24.4 Å². The molecule has 2 rings (SSSR count). The second kappa shape index (κ2) is 12.6. The van der Waals surface area contributed by atoms with Crippen molar-refractivity contribution >= 4 is 40.6 Å². The van der Waals surface area contributed by atoms with Crippen LogP contribution in [0.3, 0.4) is 0 Å². The Hall–Kier alpha value is -1.73. The van der Waals surface area contributed by atoms with Crippen molar-refractivity contribution < 1.29 is 14.6 Å². The van der Waals surface area contributed by atoms with Crippen LogP contribution in [0.1, 0.15) is 48.9 Å². The van der Waals surface area contributed by atoms with Crippen molar-refractivity contribution in [2.45, 2.75) is 38.5 Å². The number of ether oxygens (including phenoxy) is 1. The highest BCUT2D eigenvalue weighted by Gasteiger charge is 2.13. The summed E-state index contributed by atoms with van der Waals surface area (Å²) >= 11 is 9.02. The summed E-state index contributed by atoms with van der Waals surface area (Å²) in [7, 11) is 0. The van der Waals surface area contributed by atoms with Crippen molar-refractivity contribution in [1.82, 2.24) is 5.32 Å². The SMILES string of the molecule is NC(O)=S.O=C(CCOC(=S)NCC1CCCCC1)c1ccccc1. The molecule has 0 unspecified atom stereocenters. The van der Waals surface area contributed by atoms with Crippen molar-refractivity contribution in [1.29, 1.82) is 0 Å². The third kappa shape index (κ3) is 10.7. The van der Waals surface area contributed by atoms with Gasteiger partial charge in [0.05, 0.1) is 6.61 Å². The zero-order chi connectivity index (χ0) is 18.5. The molecule has 0 heterocycles. The van der Waals surface area contributed by atoms with E-state index in [1.165, 1.54) is 32.1 Å². The van der Waals surface area contributed by atoms with Crippen LogP contribution in [0.15, 0.2) is 30.3 Å². The smallest absolute Gasteiger partial charge is 0.256 e. The van der Waals surface area contributed by atoms with E-state index >= 15 is 0 Å². The molecule has 0 aliphatic heterocycles. The van der Waals surface area contributed by atoms with Gasteiger partial charge >= 0.3 is 0 Å². The number of thiocarbonyl (C=S) groups is 2. The van der Waals surface area contributed by atoms with E-state index in [2.05, 4.69) is 23.3 Å². The molecule has 4 N–H and O–H groups in total. The van der Waals surface area contributed by atoms with Gasteiger partial charge in [-0.15, -0.1) is 0 Å². The summed E-state index contributed by atoms with van der Waals surface area (Å²) in [6, 6.07) is 9.27. The molecule has 0 aromatic heterocycles. The van der Waals surface area contributed by atoms with Gasteiger partial charge in [0.2, 0.25) is 0 Å². The number of aliphatic hydroxyl groups is 1. The van der Waals surface area contributed by atoms with Gasteiger partial charge in [-0.2, -0.15) is 0 Å². The van der Waals surface area contributed by atoms with Crippen LogP contribution in [0.2, 0.25) is 0 Å². The molecule has 1 aromatic carbocycles. The first kappa shape index (κ1) is 21.3. The standard InChI is InChI=1S/C17H23NO2S.CH3NOS/c19-16(15-9-5-2-6-10-15)11-12-20-17(21)18-13-14-7-3-1-4-8-14;2-1(3)4/h2,5-6,9-10,14H,1,3-4,7-8,11-13H2,(H,18,21);(H3,2,3,4). The maximum atomic E-state index is 11.9. The quantitative estimate of drug-likeness (QED) is 0.513. The van der Waals surface area contributed by atoms with E-state index in [1.54, 1.807) is 0 Å². The first-order valence-electron chi connectivity index (χ1n) is 8.46. The van der Waals surface area contributed by atoms with Gasteiger partial charge in [0, 0.05) is 18.5 Å². The van der Waals surface area contributed by atoms with Crippen molar-refractivity contribution in [3.8, 4) is 0 Å². The van der Waals surface area contributed by atoms with E-state index < -0.39 is 5.17 Å². The lowest BCUT2D eigenvalue weighted by Crippen LogP contribution is -2.31. The van der Waals surface area contributed by atoms with Crippen LogP contribution in [0.4, 0.5) is 0 Å². The highest BCUT2D eigenvalue weighted by atomic mass is 32.1. The molecule has 0 radical (unpaired) electrons. The number of carbonyl (C=O) groups excluding carboxylic acids is 1. The minimum Gasteiger partial charge on any atom is -0.487 e. The van der Waals surface area contributed by atoms with E-state index in [0.29, 0.717) is 24.1 Å². The fourth-order valence-electron chi connectivity index (χ4n) is 2.67. The molecule has 0 amide bonds. The molecule has 0 atom stereocenters. The maximum absolute atomic E-state index is 11.9. The van der Waals surface area contributed by atoms with Gasteiger partial charge in [-0.25, -0.2) is 0 Å². The Balaban J connectivity index is 0.000000705. The fourth-order valence-corrected chi connectivity index (χ4v) is 2.84. The molecule has 138 valence electrons. The molecule has 0 bridgehead atoms. The Morgan fingerprint density at radius 3 is 2.40 bits per heavy atom. The Labute approximate surface area is 159 Å². The highest BCUT2D eigenvalue weighted by molar-refractivity contribution is 7.80. The first-order chi connectivity index (χ1) is 12.0. The Kier molecular flexibility index (Phi) is 10.7. The van der Waals surface area contributed by atoms with Crippen molar-refractivity contribution in [2.24, 2.45) is 11.7 Å². The Morgan fingerprint density at radius 1 is 1.20 bits per heavy atom. The third-order valence-corrected chi connectivity index (χ3v) is 4.18. The summed E-state index contributed by atoms with van der Waals surface area (Å²) in [5, 5.41) is 10.6. The molecular weight excluding hydrogens is 356 g/mol. The monoisotopic (exact) mass is 382 g/mol. The lowest BCUT2D eigenvalue weighted by Gasteiger charge is -2.22. The summed E-state index contributed by atoms with van der Waals surface area (Å²) in [6.45, 7) is 1.23. The van der Waals surface area contributed by atoms with Crippen molar-refractivity contribution in [3.05, 3.63) is 35.9 Å². The lowest BCUT2D eigenvalue weighted by molar-refractivity contribution is 0.0959. The normalized spacial score (nSPS) is 13.9. The molecule has 1 aromatic rings. The molecular formula is C18H26N2O3S2. The predicted octanol–water partition coefficient (Wildman–Crippen LogP) is 3.52. The van der Waals surface area contributed by atoms with E-state index in [9.17, 15) is 4.79 Å². The third-order valence-electron chi connectivity index (χ3n) is 3.92. The number of hydrogen-bond acceptors (Lipinski definition) is 4. The number of rotatable bonds is 6. The molecule has 1 aliphatic rings. The van der Waals surface area contributed by atoms with Gasteiger partial charge in [0.15, 0.2) is 5.78 Å². The van der Waals surface area contributed by atoms with Gasteiger partial charge in [-0.1, -0.05) is 49.6 Å². The number of carbonyl (C=O) groups is 1. The largest absolute Gasteiger partial charge is 0.487 e. The lowest BCUT2D eigenvalue weighted by atomic mass is 9.89. The summed E-state index contributed by atoms with van der Waals surface area (Å²) in [4.78, 5) is 11.9. The van der Waals surface area contributed by atoms with Crippen LogP contribution < -0.4 is 11.1 Å². The summed E-state index contributed by atoms with van der Waals surface area (Å²) in [5.74, 6) is 0.803. The molecule has 0 spiro atoms. The van der Waals surface area contributed by atoms with Gasteiger partial charge in [0.1, 0.15) is 0 Å². The van der Waals surface area contributed by atoms with Gasteiger partial charge in [-0.05, 0) is 43.2 Å². The van der Waals surface area contributed by atoms with Crippen LogP contribution in [-0.4, -0.2) is 34.4 Å². The van der Waals surface area contributed by atoms with E-state index in [-0.39, 0.29) is 5.78 Å². The minimum atomic E-state index is -0.500. The van der Waals surface area contributed by atoms with Crippen LogP contribution in [0.5, 0.6) is 0 Å². The van der Waals surface area contributed by atoms with Crippen molar-refractivity contribution in [2.75, 3.05) is 13.2 Å². The number of hydrogen-bond donors (Lipinski definition) is 3. The summed E-state index contributed by atoms with van der Waals surface area (Å²) in [5.41, 5.74) is 5.12. The van der Waals surface area contributed by atoms with Crippen LogP contribution in [-0.2, 0) is 4.74 Å². The summed E-state index contributed by atoms with van der Waals surface area (Å²) < 4.78 is 5.42. The van der Waals surface area contributed by atoms with Crippen LogP contribution in [0, 0.1) is 5.92 Å². The van der Waals surface area contributed by atoms with Gasteiger partial charge in [-0.3, -0.25) is 4.79 Å². The molecule has 1 fully saturated rings. The van der Waals surface area contributed by atoms with E-state index in [4.69, 9.17) is 22.1 Å². The molecule has 1 saturated carbocycles. The zero-order valence-electron chi connectivity index (χ0n) is 14.3. The maximum Gasteiger partial charge on any atom is 0.256 e. The number of ketones is 1. The van der Waals surface area contributed by atoms with E-state index in [1.807, 2.05) is 30.3 Å². The number of Topliss-reactive ketones (excluding diaryl/α,β-unsaturated/α-hetero) is 1. The molecule has 1 aliphatic carbocycles. The van der Waals surface area contributed by atoms with E-state index in [0.717, 1.165) is 12.1 Å². The Bertz CT molecular complexity index is 543. The molecule has 7 heteroatoms. The first-order valence-corrected chi connectivity index (χ1v) is 9.28. The Morgan fingerprint density at radius 2 is 1.80 bits per heavy atom.